The minimum Gasteiger partial charge on any atom is -0.305 e. The number of pyridine rings is 1. The van der Waals surface area contributed by atoms with Crippen molar-refractivity contribution >= 4 is 11.8 Å². The number of thioether (sulfide) groups is 1. The quantitative estimate of drug-likeness (QED) is 0.781. The Morgan fingerprint density at radius 2 is 1.89 bits per heavy atom. The van der Waals surface area contributed by atoms with Crippen LogP contribution >= 0.6 is 11.8 Å². The normalized spacial score (nSPS) is 12.3. The number of hydrogen-bond acceptors (Lipinski definition) is 3. The van der Waals surface area contributed by atoms with Crippen LogP contribution in [0.25, 0.3) is 0 Å². The van der Waals surface area contributed by atoms with Gasteiger partial charge in [-0.05, 0) is 42.7 Å². The average molecular weight is 272 g/mol. The lowest BCUT2D eigenvalue weighted by molar-refractivity contribution is 0.588. The van der Waals surface area contributed by atoms with E-state index in [0.717, 1.165) is 12.2 Å². The number of nitrogens with zero attached hydrogens (tertiary/aromatic N) is 1. The summed E-state index contributed by atoms with van der Waals surface area (Å²) in [5.74, 6) is 1.19. The van der Waals surface area contributed by atoms with E-state index in [2.05, 4.69) is 46.9 Å². The standard InChI is InChI=1S/C16H20N2S/c1-19-13-7-12-18-16(14-8-3-2-4-9-14)15-10-5-6-11-17-15/h2-6,8-11,16,18H,7,12-13H2,1H3. The molecule has 0 saturated heterocycles. The van der Waals surface area contributed by atoms with Gasteiger partial charge in [-0.1, -0.05) is 36.4 Å². The average Bonchev–Trinajstić information content (AvgIpc) is 2.49. The fourth-order valence-electron chi connectivity index (χ4n) is 2.05. The Hall–Kier alpha value is -1.32. The minimum absolute atomic E-state index is 0.184. The van der Waals surface area contributed by atoms with Crippen molar-refractivity contribution in [1.29, 1.82) is 0 Å². The highest BCUT2D eigenvalue weighted by Gasteiger charge is 2.13. The molecule has 1 atom stereocenters. The SMILES string of the molecule is CSCCCNC(c1ccccc1)c1ccccn1. The number of aromatic nitrogens is 1. The fraction of sp³-hybridized carbons (Fsp3) is 0.312. The van der Waals surface area contributed by atoms with Crippen molar-refractivity contribution in [2.24, 2.45) is 0 Å². The third-order valence-electron chi connectivity index (χ3n) is 2.99. The predicted molar refractivity (Wildman–Crippen MR) is 83.5 cm³/mol. The van der Waals surface area contributed by atoms with Crippen LogP contribution < -0.4 is 5.32 Å². The van der Waals surface area contributed by atoms with Gasteiger partial charge in [0, 0.05) is 6.20 Å². The Balaban J connectivity index is 2.10. The molecule has 0 radical (unpaired) electrons. The highest BCUT2D eigenvalue weighted by atomic mass is 32.2. The number of hydrogen-bond donors (Lipinski definition) is 1. The molecule has 1 aromatic carbocycles. The van der Waals surface area contributed by atoms with Crippen molar-refractivity contribution < 1.29 is 0 Å². The lowest BCUT2D eigenvalue weighted by Gasteiger charge is -2.18. The number of nitrogens with one attached hydrogen (secondary N) is 1. The topological polar surface area (TPSA) is 24.9 Å². The maximum atomic E-state index is 4.49. The van der Waals surface area contributed by atoms with Gasteiger partial charge < -0.3 is 5.32 Å². The van der Waals surface area contributed by atoms with Gasteiger partial charge in [0.1, 0.15) is 0 Å². The Bertz CT molecular complexity index is 419. The van der Waals surface area contributed by atoms with Gasteiger partial charge in [-0.15, -0.1) is 0 Å². The molecule has 100 valence electrons. The summed E-state index contributed by atoms with van der Waals surface area (Å²) < 4.78 is 0. The van der Waals surface area contributed by atoms with E-state index in [4.69, 9.17) is 0 Å². The molecule has 1 N–H and O–H groups in total. The van der Waals surface area contributed by atoms with Crippen LogP contribution in [-0.4, -0.2) is 23.5 Å². The van der Waals surface area contributed by atoms with E-state index in [1.54, 1.807) is 0 Å². The monoisotopic (exact) mass is 272 g/mol. The molecule has 0 saturated carbocycles. The first-order valence-electron chi connectivity index (χ1n) is 6.60. The molecule has 0 spiro atoms. The van der Waals surface area contributed by atoms with E-state index >= 15 is 0 Å². The zero-order valence-electron chi connectivity index (χ0n) is 11.3. The van der Waals surface area contributed by atoms with Gasteiger partial charge in [-0.3, -0.25) is 4.98 Å². The molecule has 0 bridgehead atoms. The molecule has 2 nitrogen and oxygen atoms in total. The van der Waals surface area contributed by atoms with Crippen molar-refractivity contribution in [2.75, 3.05) is 18.6 Å². The summed E-state index contributed by atoms with van der Waals surface area (Å²) in [6.45, 7) is 1.01. The summed E-state index contributed by atoms with van der Waals surface area (Å²) in [5.41, 5.74) is 2.35. The van der Waals surface area contributed by atoms with Crippen LogP contribution in [0.5, 0.6) is 0 Å². The van der Waals surface area contributed by atoms with Gasteiger partial charge in [0.2, 0.25) is 0 Å². The van der Waals surface area contributed by atoms with Crippen LogP contribution in [0.3, 0.4) is 0 Å². The third kappa shape index (κ3) is 4.37. The maximum absolute atomic E-state index is 4.49. The van der Waals surface area contributed by atoms with Gasteiger partial charge in [0.25, 0.3) is 0 Å². The van der Waals surface area contributed by atoms with Crippen LogP contribution in [0.4, 0.5) is 0 Å². The Kier molecular flexibility index (Phi) is 5.92. The molecule has 1 aromatic heterocycles. The van der Waals surface area contributed by atoms with Gasteiger partial charge in [0.05, 0.1) is 11.7 Å². The summed E-state index contributed by atoms with van der Waals surface area (Å²) in [4.78, 5) is 4.49. The van der Waals surface area contributed by atoms with Crippen LogP contribution in [0.1, 0.15) is 23.7 Å². The van der Waals surface area contributed by atoms with Gasteiger partial charge in [-0.2, -0.15) is 11.8 Å². The lowest BCUT2D eigenvalue weighted by atomic mass is 10.0. The third-order valence-corrected chi connectivity index (χ3v) is 3.69. The highest BCUT2D eigenvalue weighted by molar-refractivity contribution is 7.98. The Morgan fingerprint density at radius 1 is 1.11 bits per heavy atom. The second-order valence-corrected chi connectivity index (χ2v) is 5.38. The Labute approximate surface area is 119 Å². The molecule has 0 fully saturated rings. The number of benzene rings is 1. The molecular weight excluding hydrogens is 252 g/mol. The zero-order valence-corrected chi connectivity index (χ0v) is 12.1. The smallest absolute Gasteiger partial charge is 0.0751 e. The van der Waals surface area contributed by atoms with Crippen molar-refractivity contribution in [1.82, 2.24) is 10.3 Å². The highest BCUT2D eigenvalue weighted by Crippen LogP contribution is 2.19. The Morgan fingerprint density at radius 3 is 2.58 bits per heavy atom. The van der Waals surface area contributed by atoms with Crippen molar-refractivity contribution in [3.8, 4) is 0 Å². The van der Waals surface area contributed by atoms with Crippen molar-refractivity contribution in [3.63, 3.8) is 0 Å². The van der Waals surface area contributed by atoms with Gasteiger partial charge >= 0.3 is 0 Å². The van der Waals surface area contributed by atoms with E-state index in [9.17, 15) is 0 Å². The molecule has 2 rings (SSSR count). The van der Waals surface area contributed by atoms with E-state index < -0.39 is 0 Å². The van der Waals surface area contributed by atoms with Crippen LogP contribution in [0.2, 0.25) is 0 Å². The predicted octanol–water partition coefficient (Wildman–Crippen LogP) is 3.51. The van der Waals surface area contributed by atoms with E-state index in [0.29, 0.717) is 0 Å². The molecule has 0 amide bonds. The van der Waals surface area contributed by atoms with Crippen LogP contribution in [0, 0.1) is 0 Å². The maximum Gasteiger partial charge on any atom is 0.0751 e. The summed E-state index contributed by atoms with van der Waals surface area (Å²) in [6, 6.07) is 16.8. The van der Waals surface area contributed by atoms with Gasteiger partial charge in [-0.25, -0.2) is 0 Å². The van der Waals surface area contributed by atoms with Crippen molar-refractivity contribution in [2.45, 2.75) is 12.5 Å². The summed E-state index contributed by atoms with van der Waals surface area (Å²) >= 11 is 1.89. The molecule has 19 heavy (non-hydrogen) atoms. The van der Waals surface area contributed by atoms with Crippen LogP contribution in [-0.2, 0) is 0 Å². The lowest BCUT2D eigenvalue weighted by Crippen LogP contribution is -2.24. The minimum atomic E-state index is 0.184. The number of rotatable bonds is 7. The second kappa shape index (κ2) is 7.97. The molecule has 0 aliphatic rings. The van der Waals surface area contributed by atoms with Crippen molar-refractivity contribution in [3.05, 3.63) is 66.0 Å². The zero-order chi connectivity index (χ0) is 13.3. The fourth-order valence-corrected chi connectivity index (χ4v) is 2.48. The molecular formula is C16H20N2S. The molecule has 0 aliphatic heterocycles. The van der Waals surface area contributed by atoms with Crippen LogP contribution in [0.15, 0.2) is 54.7 Å². The molecule has 3 heteroatoms. The summed E-state index contributed by atoms with van der Waals surface area (Å²) in [7, 11) is 0. The molecule has 0 aliphatic carbocycles. The first-order valence-corrected chi connectivity index (χ1v) is 7.99. The van der Waals surface area contributed by atoms with Gasteiger partial charge in [0.15, 0.2) is 0 Å². The second-order valence-electron chi connectivity index (χ2n) is 4.40. The molecule has 2 aromatic rings. The van der Waals surface area contributed by atoms with E-state index in [1.165, 1.54) is 17.7 Å². The molecule has 1 heterocycles. The summed E-state index contributed by atoms with van der Waals surface area (Å²) in [6.07, 6.45) is 5.18. The summed E-state index contributed by atoms with van der Waals surface area (Å²) in [5, 5.41) is 3.61. The molecule has 1 unspecified atom stereocenters. The first kappa shape index (κ1) is 14.1. The van der Waals surface area contributed by atoms with E-state index in [1.807, 2.05) is 36.2 Å². The van der Waals surface area contributed by atoms with E-state index in [-0.39, 0.29) is 6.04 Å². The largest absolute Gasteiger partial charge is 0.305 e. The first-order chi connectivity index (χ1) is 9.42.